The second kappa shape index (κ2) is 9.09. The van der Waals surface area contributed by atoms with Gasteiger partial charge in [0.05, 0.1) is 23.3 Å². The van der Waals surface area contributed by atoms with Gasteiger partial charge in [0.1, 0.15) is 5.75 Å². The summed E-state index contributed by atoms with van der Waals surface area (Å²) in [7, 11) is 1.53. The Morgan fingerprint density at radius 2 is 1.80 bits per heavy atom. The highest BCUT2D eigenvalue weighted by atomic mass is 35.5. The molecule has 1 aliphatic carbocycles. The highest BCUT2D eigenvalue weighted by Crippen LogP contribution is 2.37. The van der Waals surface area contributed by atoms with Crippen molar-refractivity contribution in [2.75, 3.05) is 25.5 Å². The van der Waals surface area contributed by atoms with Crippen LogP contribution in [0, 0.1) is 11.8 Å². The van der Waals surface area contributed by atoms with Gasteiger partial charge < -0.3 is 15.0 Å². The molecule has 2 atom stereocenters. The van der Waals surface area contributed by atoms with Gasteiger partial charge in [-0.1, -0.05) is 43.0 Å². The Hall–Kier alpha value is -2.53. The smallest absolute Gasteiger partial charge is 0.259 e. The number of anilines is 1. The van der Waals surface area contributed by atoms with Crippen molar-refractivity contribution in [3.8, 4) is 5.75 Å². The van der Waals surface area contributed by atoms with Gasteiger partial charge in [-0.3, -0.25) is 9.59 Å². The highest BCUT2D eigenvalue weighted by Gasteiger charge is 2.33. The maximum atomic E-state index is 13.1. The molecule has 0 bridgehead atoms. The van der Waals surface area contributed by atoms with Crippen molar-refractivity contribution in [2.24, 2.45) is 11.8 Å². The van der Waals surface area contributed by atoms with E-state index in [4.69, 9.17) is 16.3 Å². The number of likely N-dealkylation sites (tertiary alicyclic amines) is 1. The molecule has 0 radical (unpaired) electrons. The molecule has 6 heteroatoms. The van der Waals surface area contributed by atoms with Crippen LogP contribution in [0.3, 0.4) is 0 Å². The van der Waals surface area contributed by atoms with Crippen LogP contribution in [0.4, 0.5) is 5.69 Å². The molecule has 1 N–H and O–H groups in total. The monoisotopic (exact) mass is 426 g/mol. The van der Waals surface area contributed by atoms with E-state index in [0.29, 0.717) is 33.5 Å². The Kier molecular flexibility index (Phi) is 6.28. The maximum Gasteiger partial charge on any atom is 0.259 e. The molecule has 0 spiro atoms. The Bertz CT molecular complexity index is 946. The number of fused-ring (bicyclic) bond motifs is 1. The molecule has 0 aromatic heterocycles. The van der Waals surface area contributed by atoms with Crippen LogP contribution in [-0.4, -0.2) is 36.9 Å². The molecule has 1 heterocycles. The second-order valence-electron chi connectivity index (χ2n) is 8.19. The fourth-order valence-electron chi connectivity index (χ4n) is 4.75. The third-order valence-electron chi connectivity index (χ3n) is 6.39. The highest BCUT2D eigenvalue weighted by molar-refractivity contribution is 6.34. The van der Waals surface area contributed by atoms with E-state index >= 15 is 0 Å². The molecule has 30 heavy (non-hydrogen) atoms. The van der Waals surface area contributed by atoms with Crippen LogP contribution in [0.1, 0.15) is 52.8 Å². The third kappa shape index (κ3) is 4.31. The summed E-state index contributed by atoms with van der Waals surface area (Å²) in [6.45, 7) is 1.62. The zero-order valence-electron chi connectivity index (χ0n) is 17.2. The van der Waals surface area contributed by atoms with E-state index in [1.54, 1.807) is 36.4 Å². The van der Waals surface area contributed by atoms with Crippen LogP contribution < -0.4 is 10.1 Å². The van der Waals surface area contributed by atoms with Gasteiger partial charge in [-0.15, -0.1) is 0 Å². The molecular formula is C24H27ClN2O3. The zero-order chi connectivity index (χ0) is 21.1. The molecule has 1 saturated carbocycles. The van der Waals surface area contributed by atoms with Gasteiger partial charge in [0.25, 0.3) is 11.8 Å². The Morgan fingerprint density at radius 1 is 1.03 bits per heavy atom. The van der Waals surface area contributed by atoms with E-state index in [-0.39, 0.29) is 11.8 Å². The van der Waals surface area contributed by atoms with Gasteiger partial charge in [0, 0.05) is 18.8 Å². The molecule has 1 saturated heterocycles. The summed E-state index contributed by atoms with van der Waals surface area (Å²) in [6.07, 6.45) is 6.19. The SMILES string of the molecule is COc1ccccc1C(=O)Nc1ccc(C(=O)N2CC[C@H]3CCCC[C@H]3C2)c(Cl)c1. The van der Waals surface area contributed by atoms with Crippen LogP contribution in [0.15, 0.2) is 42.5 Å². The van der Waals surface area contributed by atoms with E-state index in [1.165, 1.54) is 32.8 Å². The van der Waals surface area contributed by atoms with Crippen molar-refractivity contribution in [1.29, 1.82) is 0 Å². The minimum absolute atomic E-state index is 0.0216. The molecule has 2 aliphatic rings. The second-order valence-corrected chi connectivity index (χ2v) is 8.60. The number of amides is 2. The van der Waals surface area contributed by atoms with Gasteiger partial charge in [-0.05, 0) is 55.0 Å². The van der Waals surface area contributed by atoms with Gasteiger partial charge >= 0.3 is 0 Å². The number of carbonyl (C=O) groups is 2. The summed E-state index contributed by atoms with van der Waals surface area (Å²) in [6, 6.07) is 12.1. The summed E-state index contributed by atoms with van der Waals surface area (Å²) >= 11 is 6.45. The van der Waals surface area contributed by atoms with Crippen molar-refractivity contribution >= 4 is 29.1 Å². The van der Waals surface area contributed by atoms with Gasteiger partial charge in [-0.2, -0.15) is 0 Å². The standard InChI is InChI=1S/C24H27ClN2O3/c1-30-22-9-5-4-8-20(22)23(28)26-18-10-11-19(21(25)14-18)24(29)27-13-12-16-6-2-3-7-17(16)15-27/h4-5,8-11,14,16-17H,2-3,6-7,12-13,15H2,1H3,(H,26,28)/t16-,17+/m1/s1. The first kappa shape index (κ1) is 20.7. The van der Waals surface area contributed by atoms with Crippen LogP contribution >= 0.6 is 11.6 Å². The fourth-order valence-corrected chi connectivity index (χ4v) is 5.01. The number of benzene rings is 2. The topological polar surface area (TPSA) is 58.6 Å². The molecular weight excluding hydrogens is 400 g/mol. The molecule has 2 aromatic carbocycles. The van der Waals surface area contributed by atoms with Crippen molar-refractivity contribution in [2.45, 2.75) is 32.1 Å². The van der Waals surface area contributed by atoms with Crippen molar-refractivity contribution in [3.63, 3.8) is 0 Å². The summed E-state index contributed by atoms with van der Waals surface area (Å²) in [5.74, 6) is 1.58. The minimum Gasteiger partial charge on any atom is -0.496 e. The Morgan fingerprint density at radius 3 is 2.57 bits per heavy atom. The van der Waals surface area contributed by atoms with Gasteiger partial charge in [0.15, 0.2) is 0 Å². The zero-order valence-corrected chi connectivity index (χ0v) is 18.0. The fraction of sp³-hybridized carbons (Fsp3) is 0.417. The molecule has 4 rings (SSSR count). The normalized spacial score (nSPS) is 20.9. The van der Waals surface area contributed by atoms with Crippen molar-refractivity contribution in [3.05, 3.63) is 58.6 Å². The lowest BCUT2D eigenvalue weighted by Gasteiger charge is -2.41. The molecule has 0 unspecified atom stereocenters. The first-order valence-electron chi connectivity index (χ1n) is 10.6. The van der Waals surface area contributed by atoms with Crippen molar-refractivity contribution in [1.82, 2.24) is 4.90 Å². The first-order valence-corrected chi connectivity index (χ1v) is 11.0. The number of halogens is 1. The third-order valence-corrected chi connectivity index (χ3v) is 6.70. The number of ether oxygens (including phenoxy) is 1. The van der Waals surface area contributed by atoms with E-state index < -0.39 is 0 Å². The van der Waals surface area contributed by atoms with E-state index in [9.17, 15) is 9.59 Å². The van der Waals surface area contributed by atoms with Crippen LogP contribution in [0.2, 0.25) is 5.02 Å². The number of hydrogen-bond donors (Lipinski definition) is 1. The van der Waals surface area contributed by atoms with E-state index in [1.807, 2.05) is 11.0 Å². The Balaban J connectivity index is 1.45. The van der Waals surface area contributed by atoms with Gasteiger partial charge in [0.2, 0.25) is 0 Å². The number of para-hydroxylation sites is 1. The molecule has 2 fully saturated rings. The molecule has 158 valence electrons. The number of nitrogens with zero attached hydrogens (tertiary/aromatic N) is 1. The number of rotatable bonds is 4. The lowest BCUT2D eigenvalue weighted by atomic mass is 9.75. The predicted octanol–water partition coefficient (Wildman–Crippen LogP) is 5.25. The number of hydrogen-bond acceptors (Lipinski definition) is 3. The Labute approximate surface area is 182 Å². The number of nitrogens with one attached hydrogen (secondary N) is 1. The van der Waals surface area contributed by atoms with E-state index in [0.717, 1.165) is 25.4 Å². The summed E-state index contributed by atoms with van der Waals surface area (Å²) in [4.78, 5) is 27.6. The van der Waals surface area contributed by atoms with Crippen LogP contribution in [0.25, 0.3) is 0 Å². The average molecular weight is 427 g/mol. The maximum absolute atomic E-state index is 13.1. The predicted molar refractivity (Wildman–Crippen MR) is 118 cm³/mol. The number of carbonyl (C=O) groups excluding carboxylic acids is 2. The molecule has 2 amide bonds. The summed E-state index contributed by atoms with van der Waals surface area (Å²) in [5.41, 5.74) is 1.46. The van der Waals surface area contributed by atoms with Crippen molar-refractivity contribution < 1.29 is 14.3 Å². The minimum atomic E-state index is -0.290. The summed E-state index contributed by atoms with van der Waals surface area (Å²) in [5, 5.41) is 3.18. The first-order chi connectivity index (χ1) is 14.6. The molecule has 2 aromatic rings. The number of methoxy groups -OCH3 is 1. The molecule has 5 nitrogen and oxygen atoms in total. The molecule has 1 aliphatic heterocycles. The average Bonchev–Trinajstić information content (AvgIpc) is 2.78. The van der Waals surface area contributed by atoms with E-state index in [2.05, 4.69) is 5.32 Å². The summed E-state index contributed by atoms with van der Waals surface area (Å²) < 4.78 is 5.25. The lowest BCUT2D eigenvalue weighted by molar-refractivity contribution is 0.0521. The van der Waals surface area contributed by atoms with Crippen LogP contribution in [-0.2, 0) is 0 Å². The van der Waals surface area contributed by atoms with Gasteiger partial charge in [-0.25, -0.2) is 0 Å². The quantitative estimate of drug-likeness (QED) is 0.726. The van der Waals surface area contributed by atoms with Crippen LogP contribution in [0.5, 0.6) is 5.75 Å². The largest absolute Gasteiger partial charge is 0.496 e. The lowest BCUT2D eigenvalue weighted by Crippen LogP contribution is -2.44. The number of piperidine rings is 1.